The van der Waals surface area contributed by atoms with Crippen molar-refractivity contribution in [1.29, 1.82) is 0 Å². The first kappa shape index (κ1) is 25.1. The van der Waals surface area contributed by atoms with Crippen LogP contribution >= 0.6 is 0 Å². The molecule has 6 nitrogen and oxygen atoms in total. The Morgan fingerprint density at radius 2 is 1.79 bits per heavy atom. The number of allylic oxidation sites excluding steroid dienone is 2. The molecule has 4 rings (SSSR count). The minimum Gasteiger partial charge on any atom is -0.457 e. The standard InChI is InChI=1S/C28H40O6/c1-6-24(31)33-16-23(30)28(34-25(32)7-2)17(3)14-22-20-9-8-18-15-19(29)10-12-26(18,4)21(20)11-13-27(22,28)5/h11,17-18,20,22H,6-10,12-16H2,1-5H3/t17-,18+,20+,22-,26-,27-,28-/m0/s1. The third-order valence-electron chi connectivity index (χ3n) is 10.0. The van der Waals surface area contributed by atoms with Crippen LogP contribution in [0.1, 0.15) is 92.4 Å². The smallest absolute Gasteiger partial charge is 0.306 e. The maximum Gasteiger partial charge on any atom is 0.306 e. The molecule has 0 amide bonds. The molecule has 0 heterocycles. The summed E-state index contributed by atoms with van der Waals surface area (Å²) in [5, 5.41) is 0. The van der Waals surface area contributed by atoms with Crippen molar-refractivity contribution in [3.05, 3.63) is 11.6 Å². The molecule has 4 aliphatic rings. The van der Waals surface area contributed by atoms with Crippen LogP contribution in [0.25, 0.3) is 0 Å². The van der Waals surface area contributed by atoms with Gasteiger partial charge in [-0.25, -0.2) is 0 Å². The van der Waals surface area contributed by atoms with Gasteiger partial charge in [-0.3, -0.25) is 19.2 Å². The van der Waals surface area contributed by atoms with Crippen LogP contribution in [0.2, 0.25) is 0 Å². The Hall–Kier alpha value is -1.98. The van der Waals surface area contributed by atoms with Crippen molar-refractivity contribution >= 4 is 23.5 Å². The van der Waals surface area contributed by atoms with Gasteiger partial charge in [0, 0.05) is 37.0 Å². The zero-order chi connectivity index (χ0) is 24.9. The summed E-state index contributed by atoms with van der Waals surface area (Å²) in [5.41, 5.74) is -0.364. The fraction of sp³-hybridized carbons (Fsp3) is 0.786. The second-order valence-electron chi connectivity index (χ2n) is 11.6. The van der Waals surface area contributed by atoms with E-state index in [1.807, 2.05) is 6.92 Å². The first-order valence-corrected chi connectivity index (χ1v) is 13.2. The van der Waals surface area contributed by atoms with Crippen LogP contribution in [0.5, 0.6) is 0 Å². The molecule has 0 N–H and O–H groups in total. The van der Waals surface area contributed by atoms with E-state index in [4.69, 9.17) is 9.47 Å². The number of hydrogen-bond donors (Lipinski definition) is 0. The molecule has 0 aromatic heterocycles. The van der Waals surface area contributed by atoms with E-state index in [2.05, 4.69) is 19.9 Å². The molecular formula is C28H40O6. The molecule has 7 atom stereocenters. The number of Topliss-reactive ketones (excluding diaryl/α,β-unsaturated/α-hetero) is 2. The lowest BCUT2D eigenvalue weighted by atomic mass is 9.48. The molecule has 188 valence electrons. The summed E-state index contributed by atoms with van der Waals surface area (Å²) < 4.78 is 11.4. The highest BCUT2D eigenvalue weighted by atomic mass is 16.6. The van der Waals surface area contributed by atoms with Crippen molar-refractivity contribution in [3.63, 3.8) is 0 Å². The summed E-state index contributed by atoms with van der Waals surface area (Å²) in [4.78, 5) is 50.4. The van der Waals surface area contributed by atoms with Gasteiger partial charge >= 0.3 is 11.9 Å². The summed E-state index contributed by atoms with van der Waals surface area (Å²) in [6, 6.07) is 0. The van der Waals surface area contributed by atoms with Crippen molar-refractivity contribution in [3.8, 4) is 0 Å². The number of ether oxygens (including phenoxy) is 2. The molecule has 0 radical (unpaired) electrons. The van der Waals surface area contributed by atoms with Crippen LogP contribution in [0.3, 0.4) is 0 Å². The van der Waals surface area contributed by atoms with E-state index in [1.54, 1.807) is 13.8 Å². The number of ketones is 2. The quantitative estimate of drug-likeness (QED) is 0.400. The van der Waals surface area contributed by atoms with E-state index in [0.29, 0.717) is 36.9 Å². The summed E-state index contributed by atoms with van der Waals surface area (Å²) in [5.74, 6) is 0.0242. The van der Waals surface area contributed by atoms with Gasteiger partial charge in [0.15, 0.2) is 12.2 Å². The van der Waals surface area contributed by atoms with Crippen LogP contribution < -0.4 is 0 Å². The van der Waals surface area contributed by atoms with Crippen LogP contribution in [0.15, 0.2) is 11.6 Å². The van der Waals surface area contributed by atoms with Crippen LogP contribution in [-0.4, -0.2) is 35.7 Å². The molecule has 0 aromatic carbocycles. The Morgan fingerprint density at radius 1 is 1.09 bits per heavy atom. The van der Waals surface area contributed by atoms with Gasteiger partial charge in [-0.05, 0) is 55.3 Å². The van der Waals surface area contributed by atoms with Crippen molar-refractivity contribution in [2.24, 2.45) is 34.5 Å². The van der Waals surface area contributed by atoms with Gasteiger partial charge in [0.2, 0.25) is 5.78 Å². The Labute approximate surface area is 203 Å². The van der Waals surface area contributed by atoms with Gasteiger partial charge in [0.25, 0.3) is 0 Å². The Kier molecular flexibility index (Phi) is 6.58. The molecule has 3 fully saturated rings. The number of fused-ring (bicyclic) bond motifs is 5. The summed E-state index contributed by atoms with van der Waals surface area (Å²) in [7, 11) is 0. The van der Waals surface area contributed by atoms with E-state index in [0.717, 1.165) is 25.7 Å². The molecular weight excluding hydrogens is 432 g/mol. The summed E-state index contributed by atoms with van der Waals surface area (Å²) in [6.45, 7) is 9.53. The Bertz CT molecular complexity index is 920. The maximum absolute atomic E-state index is 13.8. The fourth-order valence-electron chi connectivity index (χ4n) is 8.12. The Morgan fingerprint density at radius 3 is 2.47 bits per heavy atom. The van der Waals surface area contributed by atoms with E-state index in [1.165, 1.54) is 5.57 Å². The molecule has 0 aliphatic heterocycles. The zero-order valence-corrected chi connectivity index (χ0v) is 21.4. The molecule has 3 saturated carbocycles. The monoisotopic (exact) mass is 472 g/mol. The van der Waals surface area contributed by atoms with Crippen molar-refractivity contribution in [2.75, 3.05) is 6.61 Å². The average Bonchev–Trinajstić information content (AvgIpc) is 3.04. The maximum atomic E-state index is 13.8. The fourth-order valence-corrected chi connectivity index (χ4v) is 8.12. The topological polar surface area (TPSA) is 86.7 Å². The van der Waals surface area contributed by atoms with Crippen LogP contribution in [-0.2, 0) is 28.7 Å². The highest BCUT2D eigenvalue weighted by Gasteiger charge is 2.70. The lowest BCUT2D eigenvalue weighted by Crippen LogP contribution is -2.60. The predicted molar refractivity (Wildman–Crippen MR) is 127 cm³/mol. The highest BCUT2D eigenvalue weighted by Crippen LogP contribution is 2.68. The third-order valence-corrected chi connectivity index (χ3v) is 10.0. The van der Waals surface area contributed by atoms with Crippen molar-refractivity contribution in [1.82, 2.24) is 0 Å². The molecule has 6 heteroatoms. The van der Waals surface area contributed by atoms with Gasteiger partial charge < -0.3 is 9.47 Å². The van der Waals surface area contributed by atoms with Gasteiger partial charge in [-0.2, -0.15) is 0 Å². The zero-order valence-electron chi connectivity index (χ0n) is 21.4. The molecule has 0 unspecified atom stereocenters. The van der Waals surface area contributed by atoms with Crippen LogP contribution in [0.4, 0.5) is 0 Å². The number of hydrogen-bond acceptors (Lipinski definition) is 6. The molecule has 0 saturated heterocycles. The number of carbonyl (C=O) groups is 4. The van der Waals surface area contributed by atoms with Gasteiger partial charge in [-0.15, -0.1) is 0 Å². The van der Waals surface area contributed by atoms with Crippen molar-refractivity contribution in [2.45, 2.75) is 98.0 Å². The number of esters is 2. The van der Waals surface area contributed by atoms with Gasteiger partial charge in [0.1, 0.15) is 5.78 Å². The first-order valence-electron chi connectivity index (χ1n) is 13.2. The molecule has 34 heavy (non-hydrogen) atoms. The lowest BCUT2D eigenvalue weighted by molar-refractivity contribution is -0.192. The summed E-state index contributed by atoms with van der Waals surface area (Å²) in [6.07, 6.45) is 8.40. The number of rotatable bonds is 6. The third kappa shape index (κ3) is 3.58. The number of carbonyl (C=O) groups excluding carboxylic acids is 4. The minimum absolute atomic E-state index is 0.0351. The van der Waals surface area contributed by atoms with Gasteiger partial charge in [-0.1, -0.05) is 46.3 Å². The normalized spacial score (nSPS) is 41.0. The molecule has 0 bridgehead atoms. The minimum atomic E-state index is -1.30. The highest BCUT2D eigenvalue weighted by molar-refractivity contribution is 5.93. The van der Waals surface area contributed by atoms with Crippen molar-refractivity contribution < 1.29 is 28.7 Å². The molecule has 0 spiro atoms. The SMILES string of the molecule is CCC(=O)OCC(=O)[C@@]1(OC(=O)CC)[C@@H](C)C[C@H]2[C@@H]3CC[C@@H]4CC(=O)CC[C@]4(C)C3=CC[C@@]21C. The summed E-state index contributed by atoms with van der Waals surface area (Å²) >= 11 is 0. The average molecular weight is 473 g/mol. The van der Waals surface area contributed by atoms with E-state index in [-0.39, 0.29) is 48.5 Å². The van der Waals surface area contributed by atoms with Crippen LogP contribution in [0, 0.1) is 34.5 Å². The predicted octanol–water partition coefficient (Wildman–Crippen LogP) is 4.98. The van der Waals surface area contributed by atoms with E-state index < -0.39 is 17.0 Å². The Balaban J connectivity index is 1.73. The lowest BCUT2D eigenvalue weighted by Gasteiger charge is -2.57. The van der Waals surface area contributed by atoms with Gasteiger partial charge in [0.05, 0.1) is 0 Å². The second kappa shape index (κ2) is 8.91. The molecule has 0 aromatic rings. The van der Waals surface area contributed by atoms with E-state index in [9.17, 15) is 19.2 Å². The largest absolute Gasteiger partial charge is 0.457 e. The molecule has 4 aliphatic carbocycles. The van der Waals surface area contributed by atoms with E-state index >= 15 is 0 Å². The first-order chi connectivity index (χ1) is 16.0. The second-order valence-corrected chi connectivity index (χ2v) is 11.6.